The molecule has 0 aliphatic heterocycles. The van der Waals surface area contributed by atoms with Crippen molar-refractivity contribution in [3.63, 3.8) is 0 Å². The highest BCUT2D eigenvalue weighted by Gasteiger charge is 2.16. The van der Waals surface area contributed by atoms with Crippen LogP contribution in [-0.2, 0) is 6.42 Å². The van der Waals surface area contributed by atoms with Crippen LogP contribution >= 0.6 is 0 Å². The molecule has 1 atom stereocenters. The van der Waals surface area contributed by atoms with Crippen molar-refractivity contribution in [1.29, 1.82) is 0 Å². The lowest BCUT2D eigenvalue weighted by atomic mass is 9.96. The fourth-order valence-electron chi connectivity index (χ4n) is 2.34. The van der Waals surface area contributed by atoms with Crippen LogP contribution in [0.25, 0.3) is 0 Å². The lowest BCUT2D eigenvalue weighted by Gasteiger charge is -2.15. The molecule has 19 heavy (non-hydrogen) atoms. The van der Waals surface area contributed by atoms with Crippen molar-refractivity contribution in [3.8, 4) is 0 Å². The minimum absolute atomic E-state index is 0.323. The molecule has 0 aliphatic carbocycles. The zero-order valence-electron chi connectivity index (χ0n) is 11.2. The van der Waals surface area contributed by atoms with E-state index in [0.717, 1.165) is 16.7 Å². The average molecular weight is 259 g/mol. The van der Waals surface area contributed by atoms with Gasteiger partial charge in [-0.3, -0.25) is 4.98 Å². The molecule has 3 heteroatoms. The topological polar surface area (TPSA) is 33.1 Å². The van der Waals surface area contributed by atoms with Gasteiger partial charge in [0.05, 0.1) is 6.10 Å². The molecule has 0 aliphatic rings. The molecule has 1 aromatic carbocycles. The number of rotatable bonds is 4. The smallest absolute Gasteiger partial charge is 0.129 e. The van der Waals surface area contributed by atoms with Crippen molar-refractivity contribution in [2.24, 2.45) is 0 Å². The van der Waals surface area contributed by atoms with Gasteiger partial charge in [-0.05, 0) is 55.5 Å². The molecule has 1 heterocycles. The van der Waals surface area contributed by atoms with Crippen LogP contribution in [-0.4, -0.2) is 10.1 Å². The first-order chi connectivity index (χ1) is 9.08. The Balaban J connectivity index is 2.10. The molecule has 2 rings (SSSR count). The van der Waals surface area contributed by atoms with E-state index >= 15 is 0 Å². The van der Waals surface area contributed by atoms with Gasteiger partial charge >= 0.3 is 0 Å². The number of aliphatic hydroxyl groups is 1. The molecule has 0 saturated carbocycles. The average Bonchev–Trinajstić information content (AvgIpc) is 2.36. The minimum atomic E-state index is -0.777. The molecule has 0 radical (unpaired) electrons. The van der Waals surface area contributed by atoms with E-state index in [9.17, 15) is 9.50 Å². The Morgan fingerprint density at radius 2 is 2.11 bits per heavy atom. The predicted molar refractivity (Wildman–Crippen MR) is 73.4 cm³/mol. The third-order valence-corrected chi connectivity index (χ3v) is 3.24. The Hall–Kier alpha value is -1.74. The quantitative estimate of drug-likeness (QED) is 0.911. The third-order valence-electron chi connectivity index (χ3n) is 3.24. The number of aromatic nitrogens is 1. The van der Waals surface area contributed by atoms with Gasteiger partial charge in [-0.15, -0.1) is 0 Å². The summed E-state index contributed by atoms with van der Waals surface area (Å²) in [5, 5.41) is 10.2. The second-order valence-corrected chi connectivity index (χ2v) is 4.89. The molecule has 0 amide bonds. The van der Waals surface area contributed by atoms with E-state index in [4.69, 9.17) is 0 Å². The molecular weight excluding hydrogens is 241 g/mol. The summed E-state index contributed by atoms with van der Waals surface area (Å²) in [6.45, 7) is 3.68. The summed E-state index contributed by atoms with van der Waals surface area (Å²) in [7, 11) is 0. The van der Waals surface area contributed by atoms with Crippen LogP contribution in [0.3, 0.4) is 0 Å². The largest absolute Gasteiger partial charge is 0.388 e. The first-order valence-corrected chi connectivity index (χ1v) is 6.41. The van der Waals surface area contributed by atoms with Gasteiger partial charge in [0.25, 0.3) is 0 Å². The molecular formula is C16H18FNO. The summed E-state index contributed by atoms with van der Waals surface area (Å²) < 4.78 is 13.9. The first-order valence-electron chi connectivity index (χ1n) is 6.41. The number of aliphatic hydroxyl groups excluding tert-OH is 1. The summed E-state index contributed by atoms with van der Waals surface area (Å²) in [6, 6.07) is 7.18. The van der Waals surface area contributed by atoms with E-state index in [2.05, 4.69) is 4.98 Å². The predicted octanol–water partition coefficient (Wildman–Crippen LogP) is 3.50. The summed E-state index contributed by atoms with van der Waals surface area (Å²) in [5.74, 6) is -0.323. The van der Waals surface area contributed by atoms with Gasteiger partial charge in [-0.1, -0.05) is 12.1 Å². The Kier molecular flexibility index (Phi) is 4.27. The molecule has 1 unspecified atom stereocenters. The van der Waals surface area contributed by atoms with Gasteiger partial charge < -0.3 is 5.11 Å². The monoisotopic (exact) mass is 259 g/mol. The molecule has 1 aromatic heterocycles. The number of pyridine rings is 1. The minimum Gasteiger partial charge on any atom is -0.388 e. The Morgan fingerprint density at radius 1 is 1.32 bits per heavy atom. The Bertz CT molecular complexity index is 531. The van der Waals surface area contributed by atoms with E-state index in [0.29, 0.717) is 18.4 Å². The molecule has 0 spiro atoms. The highest BCUT2D eigenvalue weighted by molar-refractivity contribution is 5.33. The van der Waals surface area contributed by atoms with Gasteiger partial charge in [0.15, 0.2) is 0 Å². The van der Waals surface area contributed by atoms with E-state index in [1.165, 1.54) is 6.07 Å². The third kappa shape index (κ3) is 3.38. The van der Waals surface area contributed by atoms with Gasteiger partial charge in [0, 0.05) is 18.0 Å². The summed E-state index contributed by atoms with van der Waals surface area (Å²) in [4.78, 5) is 4.03. The Labute approximate surface area is 112 Å². The zero-order valence-corrected chi connectivity index (χ0v) is 11.2. The SMILES string of the molecule is Cc1cc(C)c(C(O)CCc2cccnc2)c(F)c1. The van der Waals surface area contributed by atoms with E-state index < -0.39 is 6.10 Å². The summed E-state index contributed by atoms with van der Waals surface area (Å²) >= 11 is 0. The van der Waals surface area contributed by atoms with Crippen LogP contribution in [0.2, 0.25) is 0 Å². The Morgan fingerprint density at radius 3 is 2.74 bits per heavy atom. The van der Waals surface area contributed by atoms with Crippen LogP contribution in [0.15, 0.2) is 36.7 Å². The number of benzene rings is 1. The van der Waals surface area contributed by atoms with Crippen LogP contribution in [0, 0.1) is 19.7 Å². The van der Waals surface area contributed by atoms with Gasteiger partial charge in [-0.25, -0.2) is 4.39 Å². The fraction of sp³-hybridized carbons (Fsp3) is 0.312. The first kappa shape index (κ1) is 13.7. The number of hydrogen-bond acceptors (Lipinski definition) is 2. The maximum absolute atomic E-state index is 13.9. The normalized spacial score (nSPS) is 12.4. The van der Waals surface area contributed by atoms with Gasteiger partial charge in [0.1, 0.15) is 5.82 Å². The van der Waals surface area contributed by atoms with E-state index in [-0.39, 0.29) is 5.82 Å². The molecule has 1 N–H and O–H groups in total. The van der Waals surface area contributed by atoms with Crippen LogP contribution < -0.4 is 0 Å². The van der Waals surface area contributed by atoms with Crippen molar-refractivity contribution >= 4 is 0 Å². The number of nitrogens with zero attached hydrogens (tertiary/aromatic N) is 1. The number of aryl methyl sites for hydroxylation is 3. The van der Waals surface area contributed by atoms with Crippen LogP contribution in [0.1, 0.15) is 34.8 Å². The number of halogens is 1. The zero-order chi connectivity index (χ0) is 13.8. The lowest BCUT2D eigenvalue weighted by molar-refractivity contribution is 0.162. The molecule has 2 aromatic rings. The molecule has 100 valence electrons. The molecule has 0 saturated heterocycles. The van der Waals surface area contributed by atoms with Crippen molar-refractivity contribution in [2.45, 2.75) is 32.8 Å². The van der Waals surface area contributed by atoms with Crippen LogP contribution in [0.5, 0.6) is 0 Å². The molecule has 0 bridgehead atoms. The van der Waals surface area contributed by atoms with E-state index in [1.807, 2.05) is 32.0 Å². The lowest BCUT2D eigenvalue weighted by Crippen LogP contribution is -2.05. The van der Waals surface area contributed by atoms with Gasteiger partial charge in [-0.2, -0.15) is 0 Å². The van der Waals surface area contributed by atoms with Gasteiger partial charge in [0.2, 0.25) is 0 Å². The molecule has 2 nitrogen and oxygen atoms in total. The molecule has 0 fully saturated rings. The van der Waals surface area contributed by atoms with E-state index in [1.54, 1.807) is 12.4 Å². The second-order valence-electron chi connectivity index (χ2n) is 4.89. The maximum Gasteiger partial charge on any atom is 0.129 e. The summed E-state index contributed by atoms with van der Waals surface area (Å²) in [6.07, 6.45) is 3.88. The highest BCUT2D eigenvalue weighted by Crippen LogP contribution is 2.26. The fourth-order valence-corrected chi connectivity index (χ4v) is 2.34. The van der Waals surface area contributed by atoms with Crippen LogP contribution in [0.4, 0.5) is 4.39 Å². The van der Waals surface area contributed by atoms with Crippen molar-refractivity contribution < 1.29 is 9.50 Å². The van der Waals surface area contributed by atoms with Crippen molar-refractivity contribution in [2.75, 3.05) is 0 Å². The number of hydrogen-bond donors (Lipinski definition) is 1. The maximum atomic E-state index is 13.9. The standard InChI is InChI=1S/C16H18FNO/c1-11-8-12(2)16(14(17)9-11)15(19)6-5-13-4-3-7-18-10-13/h3-4,7-10,15,19H,5-6H2,1-2H3. The van der Waals surface area contributed by atoms with Crippen molar-refractivity contribution in [1.82, 2.24) is 4.98 Å². The van der Waals surface area contributed by atoms with Crippen molar-refractivity contribution in [3.05, 3.63) is 64.7 Å². The summed E-state index contributed by atoms with van der Waals surface area (Å²) in [5.41, 5.74) is 3.13. The second kappa shape index (κ2) is 5.93. The highest BCUT2D eigenvalue weighted by atomic mass is 19.1.